The van der Waals surface area contributed by atoms with E-state index >= 15 is 0 Å². The molecule has 0 aromatic heterocycles. The first-order chi connectivity index (χ1) is 9.01. The van der Waals surface area contributed by atoms with Crippen LogP contribution in [-0.4, -0.2) is 16.7 Å². The van der Waals surface area contributed by atoms with Gasteiger partial charge in [-0.1, -0.05) is 0 Å². The Balaban J connectivity index is 3.57. The number of hydrogen-bond acceptors (Lipinski definition) is 5. The van der Waals surface area contributed by atoms with E-state index in [0.29, 0.717) is 6.07 Å². The minimum Gasteiger partial charge on any atom is -0.398 e. The van der Waals surface area contributed by atoms with Crippen LogP contribution in [0.4, 0.5) is 24.5 Å². The summed E-state index contributed by atoms with van der Waals surface area (Å²) in [5, 5.41) is -0.447. The summed E-state index contributed by atoms with van der Waals surface area (Å²) in [5.74, 6) is 1.49. The van der Waals surface area contributed by atoms with Crippen molar-refractivity contribution in [3.63, 3.8) is 0 Å². The first-order valence-electron chi connectivity index (χ1n) is 5.34. The van der Waals surface area contributed by atoms with E-state index in [1.54, 1.807) is 0 Å². The number of carbonyl (C=O) groups excluding carboxylic acids is 2. The van der Waals surface area contributed by atoms with Gasteiger partial charge in [0.15, 0.2) is 11.6 Å². The Morgan fingerprint density at radius 3 is 2.15 bits per heavy atom. The molecule has 1 aromatic rings. The minimum atomic E-state index is -4.16. The molecule has 0 saturated heterocycles. The first-order valence-corrected chi connectivity index (χ1v) is 5.34. The SMILES string of the molecule is CC(=O)c1c(N)cc(C(F)(F)N(N)C(C)=O)c(F)c1N. The second-order valence-electron chi connectivity index (χ2n) is 4.10. The van der Waals surface area contributed by atoms with Crippen LogP contribution in [0.15, 0.2) is 6.07 Å². The largest absolute Gasteiger partial charge is 0.398 e. The van der Waals surface area contributed by atoms with Crippen LogP contribution >= 0.6 is 0 Å². The summed E-state index contributed by atoms with van der Waals surface area (Å²) in [6, 6.07) is -3.63. The molecule has 6 nitrogen and oxygen atoms in total. The number of rotatable bonds is 3. The van der Waals surface area contributed by atoms with Gasteiger partial charge in [-0.25, -0.2) is 15.2 Å². The predicted octanol–water partition coefficient (Wildman–Crippen LogP) is 0.964. The average molecular weight is 290 g/mol. The first kappa shape index (κ1) is 15.8. The highest BCUT2D eigenvalue weighted by Crippen LogP contribution is 2.37. The Bertz CT molecular complexity index is 590. The molecule has 20 heavy (non-hydrogen) atoms. The van der Waals surface area contributed by atoms with Crippen molar-refractivity contribution in [2.24, 2.45) is 5.84 Å². The highest BCUT2D eigenvalue weighted by Gasteiger charge is 2.43. The molecule has 0 unspecified atom stereocenters. The molecule has 0 fully saturated rings. The lowest BCUT2D eigenvalue weighted by atomic mass is 10.0. The van der Waals surface area contributed by atoms with Gasteiger partial charge in [-0.3, -0.25) is 9.59 Å². The fraction of sp³-hybridized carbons (Fsp3) is 0.273. The molecule has 0 spiro atoms. The van der Waals surface area contributed by atoms with Gasteiger partial charge in [-0.15, -0.1) is 0 Å². The van der Waals surface area contributed by atoms with Crippen LogP contribution in [0.25, 0.3) is 0 Å². The van der Waals surface area contributed by atoms with Crippen LogP contribution in [0.1, 0.15) is 29.8 Å². The molecular weight excluding hydrogens is 277 g/mol. The second kappa shape index (κ2) is 5.00. The van der Waals surface area contributed by atoms with Gasteiger partial charge in [-0.2, -0.15) is 8.78 Å². The van der Waals surface area contributed by atoms with Crippen molar-refractivity contribution in [3.05, 3.63) is 23.0 Å². The number of benzene rings is 1. The van der Waals surface area contributed by atoms with Crippen molar-refractivity contribution in [3.8, 4) is 0 Å². The van der Waals surface area contributed by atoms with Gasteiger partial charge in [0, 0.05) is 12.6 Å². The number of carbonyl (C=O) groups is 2. The third kappa shape index (κ3) is 2.39. The number of halogens is 3. The monoisotopic (exact) mass is 290 g/mol. The molecule has 0 bridgehead atoms. The van der Waals surface area contributed by atoms with Gasteiger partial charge in [0.25, 0.3) is 0 Å². The van der Waals surface area contributed by atoms with E-state index in [1.807, 2.05) is 0 Å². The van der Waals surface area contributed by atoms with Gasteiger partial charge in [0.2, 0.25) is 5.91 Å². The van der Waals surface area contributed by atoms with Crippen molar-refractivity contribution in [2.75, 3.05) is 11.5 Å². The highest BCUT2D eigenvalue weighted by atomic mass is 19.3. The van der Waals surface area contributed by atoms with E-state index in [4.69, 9.17) is 17.3 Å². The molecule has 1 rings (SSSR count). The van der Waals surface area contributed by atoms with Crippen LogP contribution in [0.2, 0.25) is 0 Å². The lowest BCUT2D eigenvalue weighted by Crippen LogP contribution is -2.48. The molecule has 0 aliphatic carbocycles. The van der Waals surface area contributed by atoms with Crippen molar-refractivity contribution in [1.29, 1.82) is 0 Å². The Morgan fingerprint density at radius 1 is 1.25 bits per heavy atom. The zero-order chi connectivity index (χ0) is 15.8. The number of amides is 1. The van der Waals surface area contributed by atoms with E-state index in [1.165, 1.54) is 0 Å². The predicted molar refractivity (Wildman–Crippen MR) is 65.8 cm³/mol. The number of hydrazine groups is 1. The summed E-state index contributed by atoms with van der Waals surface area (Å²) < 4.78 is 41.7. The molecule has 6 N–H and O–H groups in total. The maximum absolute atomic E-state index is 13.9. The second-order valence-corrected chi connectivity index (χ2v) is 4.10. The molecule has 1 aromatic carbocycles. The Kier molecular flexibility index (Phi) is 3.94. The van der Waals surface area contributed by atoms with Crippen molar-refractivity contribution < 1.29 is 22.8 Å². The zero-order valence-corrected chi connectivity index (χ0v) is 10.7. The van der Waals surface area contributed by atoms with E-state index in [2.05, 4.69) is 0 Å². The van der Waals surface area contributed by atoms with E-state index < -0.39 is 51.1 Å². The van der Waals surface area contributed by atoms with Gasteiger partial charge < -0.3 is 11.5 Å². The smallest absolute Gasteiger partial charge is 0.370 e. The Hall–Kier alpha value is -2.29. The quantitative estimate of drug-likeness (QED) is 0.191. The third-order valence-electron chi connectivity index (χ3n) is 2.65. The molecule has 0 heterocycles. The van der Waals surface area contributed by atoms with Crippen LogP contribution in [-0.2, 0) is 10.8 Å². The molecule has 0 aliphatic rings. The fourth-order valence-electron chi connectivity index (χ4n) is 1.64. The molecule has 0 aliphatic heterocycles. The van der Waals surface area contributed by atoms with E-state index in [9.17, 15) is 22.8 Å². The van der Waals surface area contributed by atoms with Crippen LogP contribution in [0, 0.1) is 5.82 Å². The maximum Gasteiger partial charge on any atom is 0.370 e. The zero-order valence-electron chi connectivity index (χ0n) is 10.7. The molecule has 0 saturated carbocycles. The van der Waals surface area contributed by atoms with Gasteiger partial charge in [-0.05, 0) is 13.0 Å². The summed E-state index contributed by atoms with van der Waals surface area (Å²) in [5.41, 5.74) is 7.80. The normalized spacial score (nSPS) is 11.3. The number of ketones is 1. The molecular formula is C11H13F3N4O2. The lowest BCUT2D eigenvalue weighted by Gasteiger charge is -2.27. The van der Waals surface area contributed by atoms with Gasteiger partial charge in [0.05, 0.1) is 16.8 Å². The van der Waals surface area contributed by atoms with Gasteiger partial charge >= 0.3 is 6.05 Å². The average Bonchev–Trinajstić information content (AvgIpc) is 2.32. The maximum atomic E-state index is 13.9. The highest BCUT2D eigenvalue weighted by molar-refractivity contribution is 6.04. The fourth-order valence-corrected chi connectivity index (χ4v) is 1.64. The minimum absolute atomic E-state index is 0.395. The standard InChI is InChI=1S/C11H13F3N4O2/c1-4(19)8-7(15)3-6(9(12)10(8)16)11(13,14)18(17)5(2)20/h3H,15-17H2,1-2H3. The summed E-state index contributed by atoms with van der Waals surface area (Å²) >= 11 is 0. The van der Waals surface area contributed by atoms with Crippen LogP contribution < -0.4 is 17.3 Å². The van der Waals surface area contributed by atoms with Crippen molar-refractivity contribution in [1.82, 2.24) is 5.01 Å². The topological polar surface area (TPSA) is 115 Å². The summed E-state index contributed by atoms with van der Waals surface area (Å²) in [6.45, 7) is 1.84. The van der Waals surface area contributed by atoms with Gasteiger partial charge in [0.1, 0.15) is 0 Å². The number of nitrogens with zero attached hydrogens (tertiary/aromatic N) is 1. The van der Waals surface area contributed by atoms with E-state index in [0.717, 1.165) is 13.8 Å². The number of nitrogen functional groups attached to an aromatic ring is 2. The summed E-state index contributed by atoms with van der Waals surface area (Å²) in [7, 11) is 0. The van der Waals surface area contributed by atoms with Crippen molar-refractivity contribution >= 4 is 23.1 Å². The van der Waals surface area contributed by atoms with Crippen molar-refractivity contribution in [2.45, 2.75) is 19.9 Å². The van der Waals surface area contributed by atoms with Crippen LogP contribution in [0.5, 0.6) is 0 Å². The number of hydrogen-bond donors (Lipinski definition) is 3. The molecule has 110 valence electrons. The number of Topliss-reactive ketones (excluding diaryl/α,β-unsaturated/α-hetero) is 1. The number of anilines is 2. The number of alkyl halides is 2. The third-order valence-corrected chi connectivity index (χ3v) is 2.65. The molecule has 9 heteroatoms. The summed E-state index contributed by atoms with van der Waals surface area (Å²) in [4.78, 5) is 22.1. The Labute approximate surface area is 112 Å². The molecule has 0 atom stereocenters. The van der Waals surface area contributed by atoms with Crippen LogP contribution in [0.3, 0.4) is 0 Å². The number of nitrogens with two attached hydrogens (primary N) is 3. The molecule has 0 radical (unpaired) electrons. The Morgan fingerprint density at radius 2 is 1.75 bits per heavy atom. The summed E-state index contributed by atoms with van der Waals surface area (Å²) in [6.07, 6.45) is 0. The van der Waals surface area contributed by atoms with E-state index in [-0.39, 0.29) is 0 Å². The lowest BCUT2D eigenvalue weighted by molar-refractivity contribution is -0.179. The molecule has 1 amide bonds.